The van der Waals surface area contributed by atoms with Gasteiger partial charge in [0, 0.05) is 5.92 Å². The molecule has 16 heavy (non-hydrogen) atoms. The lowest BCUT2D eigenvalue weighted by atomic mass is 9.99. The molecule has 0 radical (unpaired) electrons. The molecule has 2 atom stereocenters. The number of carbonyl (C=O) groups excluding carboxylic acids is 1. The molecule has 0 aliphatic heterocycles. The van der Waals surface area contributed by atoms with Crippen molar-refractivity contribution >= 4 is 6.09 Å². The van der Waals surface area contributed by atoms with Crippen LogP contribution in [0.3, 0.4) is 0 Å². The first-order chi connectivity index (χ1) is 7.50. The van der Waals surface area contributed by atoms with Gasteiger partial charge in [0.25, 0.3) is 0 Å². The van der Waals surface area contributed by atoms with E-state index >= 15 is 0 Å². The zero-order chi connectivity index (χ0) is 12.1. The lowest BCUT2D eigenvalue weighted by Gasteiger charge is -2.12. The maximum atomic E-state index is 10.4. The first-order valence-corrected chi connectivity index (χ1v) is 5.21. The zero-order valence-electron chi connectivity index (χ0n) is 9.51. The number of aliphatic hydroxyl groups excluding tert-OH is 1. The van der Waals surface area contributed by atoms with E-state index in [-0.39, 0.29) is 12.5 Å². The van der Waals surface area contributed by atoms with Crippen molar-refractivity contribution in [3.05, 3.63) is 35.4 Å². The second-order valence-electron chi connectivity index (χ2n) is 3.87. The molecule has 0 saturated carbocycles. The summed E-state index contributed by atoms with van der Waals surface area (Å²) in [4.78, 5) is 10.4. The number of aliphatic hydroxyl groups is 1. The maximum absolute atomic E-state index is 10.4. The number of hydrogen-bond donors (Lipinski definition) is 2. The first kappa shape index (κ1) is 12.5. The van der Waals surface area contributed by atoms with Crippen molar-refractivity contribution in [3.8, 4) is 0 Å². The van der Waals surface area contributed by atoms with Gasteiger partial charge in [0.05, 0.1) is 12.7 Å². The Hall–Kier alpha value is -1.55. The third-order valence-corrected chi connectivity index (χ3v) is 2.46. The summed E-state index contributed by atoms with van der Waals surface area (Å²) < 4.78 is 4.73. The van der Waals surface area contributed by atoms with Gasteiger partial charge in [-0.3, -0.25) is 0 Å². The first-order valence-electron chi connectivity index (χ1n) is 5.21. The molecule has 3 N–H and O–H groups in total. The van der Waals surface area contributed by atoms with Crippen molar-refractivity contribution in [2.75, 3.05) is 6.61 Å². The van der Waals surface area contributed by atoms with Crippen molar-refractivity contribution in [3.63, 3.8) is 0 Å². The molecule has 2 unspecified atom stereocenters. The van der Waals surface area contributed by atoms with Gasteiger partial charge in [-0.1, -0.05) is 31.2 Å². The highest BCUT2D eigenvalue weighted by Crippen LogP contribution is 2.19. The van der Waals surface area contributed by atoms with Crippen LogP contribution in [0.5, 0.6) is 0 Å². The largest absolute Gasteiger partial charge is 0.449 e. The fourth-order valence-electron chi connectivity index (χ4n) is 1.41. The van der Waals surface area contributed by atoms with Gasteiger partial charge in [0.15, 0.2) is 0 Å². The van der Waals surface area contributed by atoms with E-state index in [1.54, 1.807) is 6.92 Å². The van der Waals surface area contributed by atoms with Crippen LogP contribution in [0, 0.1) is 0 Å². The maximum Gasteiger partial charge on any atom is 0.404 e. The van der Waals surface area contributed by atoms with E-state index in [4.69, 9.17) is 10.5 Å². The Balaban J connectivity index is 2.62. The highest BCUT2D eigenvalue weighted by molar-refractivity contribution is 5.64. The standard InChI is InChI=1S/C12H17NO3/c1-8(7-16-12(13)15)10-3-5-11(6-4-10)9(2)14/h3-6,8-9,14H,7H2,1-2H3,(H2,13,15). The number of hydrogen-bond acceptors (Lipinski definition) is 3. The average molecular weight is 223 g/mol. The van der Waals surface area contributed by atoms with E-state index in [1.165, 1.54) is 0 Å². The summed E-state index contributed by atoms with van der Waals surface area (Å²) in [6.45, 7) is 3.93. The van der Waals surface area contributed by atoms with Gasteiger partial charge in [0.2, 0.25) is 0 Å². The summed E-state index contributed by atoms with van der Waals surface area (Å²) in [7, 11) is 0. The Labute approximate surface area is 95.0 Å². The lowest BCUT2D eigenvalue weighted by Crippen LogP contribution is -2.16. The number of amides is 1. The number of primary amides is 1. The van der Waals surface area contributed by atoms with E-state index in [2.05, 4.69) is 0 Å². The van der Waals surface area contributed by atoms with E-state index in [0.29, 0.717) is 0 Å². The molecule has 0 saturated heterocycles. The third kappa shape index (κ3) is 3.55. The van der Waals surface area contributed by atoms with Crippen LogP contribution in [0.25, 0.3) is 0 Å². The zero-order valence-corrected chi connectivity index (χ0v) is 9.51. The van der Waals surface area contributed by atoms with Gasteiger partial charge >= 0.3 is 6.09 Å². The van der Waals surface area contributed by atoms with E-state index in [0.717, 1.165) is 11.1 Å². The van der Waals surface area contributed by atoms with Crippen LogP contribution in [0.15, 0.2) is 24.3 Å². The smallest absolute Gasteiger partial charge is 0.404 e. The minimum absolute atomic E-state index is 0.0931. The summed E-state index contributed by atoms with van der Waals surface area (Å²) in [5, 5.41) is 9.34. The van der Waals surface area contributed by atoms with Gasteiger partial charge in [-0.25, -0.2) is 4.79 Å². The van der Waals surface area contributed by atoms with Crippen molar-refractivity contribution in [2.45, 2.75) is 25.9 Å². The van der Waals surface area contributed by atoms with Gasteiger partial charge in [-0.05, 0) is 18.1 Å². The summed E-state index contributed by atoms with van der Waals surface area (Å²) in [6, 6.07) is 7.55. The number of nitrogens with two attached hydrogens (primary N) is 1. The molecule has 0 aliphatic rings. The van der Waals surface area contributed by atoms with E-state index in [1.807, 2.05) is 31.2 Å². The van der Waals surface area contributed by atoms with Crippen LogP contribution >= 0.6 is 0 Å². The monoisotopic (exact) mass is 223 g/mol. The normalized spacial score (nSPS) is 14.2. The number of carbonyl (C=O) groups is 1. The summed E-state index contributed by atoms with van der Waals surface area (Å²) >= 11 is 0. The molecule has 88 valence electrons. The van der Waals surface area contributed by atoms with E-state index < -0.39 is 12.2 Å². The molecule has 1 amide bonds. The van der Waals surface area contributed by atoms with Crippen LogP contribution < -0.4 is 5.73 Å². The second-order valence-corrected chi connectivity index (χ2v) is 3.87. The quantitative estimate of drug-likeness (QED) is 0.819. The summed E-state index contributed by atoms with van der Waals surface area (Å²) in [5.41, 5.74) is 6.80. The van der Waals surface area contributed by atoms with Crippen molar-refractivity contribution < 1.29 is 14.6 Å². The molecule has 0 fully saturated rings. The predicted octanol–water partition coefficient (Wildman–Crippen LogP) is 1.94. The molecule has 1 aromatic carbocycles. The van der Waals surface area contributed by atoms with Crippen LogP contribution in [-0.2, 0) is 4.74 Å². The predicted molar refractivity (Wildman–Crippen MR) is 61.0 cm³/mol. The molecule has 1 rings (SSSR count). The summed E-state index contributed by atoms with van der Waals surface area (Å²) in [5.74, 6) is 0.0931. The van der Waals surface area contributed by atoms with Crippen LogP contribution in [-0.4, -0.2) is 17.8 Å². The molecular weight excluding hydrogens is 206 g/mol. The topological polar surface area (TPSA) is 72.6 Å². The Bertz CT molecular complexity index is 346. The average Bonchev–Trinajstić information content (AvgIpc) is 2.26. The highest BCUT2D eigenvalue weighted by Gasteiger charge is 2.08. The Morgan fingerprint density at radius 3 is 2.25 bits per heavy atom. The van der Waals surface area contributed by atoms with Crippen LogP contribution in [0.4, 0.5) is 4.79 Å². The second kappa shape index (κ2) is 5.51. The van der Waals surface area contributed by atoms with Gasteiger partial charge in [-0.15, -0.1) is 0 Å². The molecule has 4 heteroatoms. The Morgan fingerprint density at radius 2 is 1.81 bits per heavy atom. The van der Waals surface area contributed by atoms with Crippen molar-refractivity contribution in [1.82, 2.24) is 0 Å². The molecule has 4 nitrogen and oxygen atoms in total. The minimum atomic E-state index is -0.757. The van der Waals surface area contributed by atoms with Crippen molar-refractivity contribution in [2.24, 2.45) is 5.73 Å². The molecule has 0 aliphatic carbocycles. The molecule has 1 aromatic rings. The summed E-state index contributed by atoms with van der Waals surface area (Å²) in [6.07, 6.45) is -1.22. The molecule has 0 heterocycles. The fourth-order valence-corrected chi connectivity index (χ4v) is 1.41. The van der Waals surface area contributed by atoms with Crippen LogP contribution in [0.2, 0.25) is 0 Å². The molecule has 0 aromatic heterocycles. The minimum Gasteiger partial charge on any atom is -0.449 e. The highest BCUT2D eigenvalue weighted by atomic mass is 16.5. The van der Waals surface area contributed by atoms with E-state index in [9.17, 15) is 9.90 Å². The number of rotatable bonds is 4. The molecular formula is C12H17NO3. The third-order valence-electron chi connectivity index (χ3n) is 2.46. The fraction of sp³-hybridized carbons (Fsp3) is 0.417. The SMILES string of the molecule is CC(O)c1ccc(C(C)COC(N)=O)cc1. The van der Waals surface area contributed by atoms with Crippen LogP contribution in [0.1, 0.15) is 37.0 Å². The molecule has 0 spiro atoms. The Morgan fingerprint density at radius 1 is 1.31 bits per heavy atom. The molecule has 0 bridgehead atoms. The van der Waals surface area contributed by atoms with Crippen molar-refractivity contribution in [1.29, 1.82) is 0 Å². The number of benzene rings is 1. The van der Waals surface area contributed by atoms with Gasteiger partial charge < -0.3 is 15.6 Å². The van der Waals surface area contributed by atoms with Gasteiger partial charge in [0.1, 0.15) is 0 Å². The lowest BCUT2D eigenvalue weighted by molar-refractivity contribution is 0.151. The number of ether oxygens (including phenoxy) is 1. The van der Waals surface area contributed by atoms with Gasteiger partial charge in [-0.2, -0.15) is 0 Å². The Kier molecular flexibility index (Phi) is 4.31.